The van der Waals surface area contributed by atoms with Gasteiger partial charge in [-0.05, 0) is 36.5 Å². The zero-order valence-electron chi connectivity index (χ0n) is 12.3. The SMILES string of the molecule is Cc1ccc(F)c(-n2ccc3c2CC(C)(C)CC3=O)c1F. The smallest absolute Gasteiger partial charge is 0.165 e. The third-order valence-corrected chi connectivity index (χ3v) is 4.08. The molecule has 3 rings (SSSR count). The van der Waals surface area contributed by atoms with E-state index < -0.39 is 11.6 Å². The summed E-state index contributed by atoms with van der Waals surface area (Å²) in [6.07, 6.45) is 2.67. The van der Waals surface area contributed by atoms with Gasteiger partial charge < -0.3 is 4.57 Å². The number of nitrogens with zero attached hydrogens (tertiary/aromatic N) is 1. The average Bonchev–Trinajstić information content (AvgIpc) is 2.77. The van der Waals surface area contributed by atoms with Crippen molar-refractivity contribution in [3.8, 4) is 5.69 Å². The normalized spacial score (nSPS) is 16.9. The molecule has 1 aromatic carbocycles. The molecular formula is C17H17F2NO. The van der Waals surface area contributed by atoms with Gasteiger partial charge in [0, 0.05) is 23.9 Å². The van der Waals surface area contributed by atoms with E-state index >= 15 is 0 Å². The number of Topliss-reactive ketones (excluding diaryl/α,β-unsaturated/α-hetero) is 1. The summed E-state index contributed by atoms with van der Waals surface area (Å²) in [4.78, 5) is 12.2. The van der Waals surface area contributed by atoms with E-state index in [1.54, 1.807) is 19.2 Å². The molecule has 0 aliphatic heterocycles. The predicted octanol–water partition coefficient (Wildman–Crippen LogP) is 4.22. The molecule has 0 N–H and O–H groups in total. The van der Waals surface area contributed by atoms with Crippen LogP contribution >= 0.6 is 0 Å². The van der Waals surface area contributed by atoms with Gasteiger partial charge in [-0.2, -0.15) is 0 Å². The number of benzene rings is 1. The minimum atomic E-state index is -0.618. The van der Waals surface area contributed by atoms with Gasteiger partial charge in [0.25, 0.3) is 0 Å². The predicted molar refractivity (Wildman–Crippen MR) is 76.9 cm³/mol. The molecule has 0 saturated heterocycles. The minimum Gasteiger partial charge on any atom is -0.315 e. The van der Waals surface area contributed by atoms with Crippen molar-refractivity contribution in [3.63, 3.8) is 0 Å². The molecule has 110 valence electrons. The van der Waals surface area contributed by atoms with Crippen molar-refractivity contribution in [2.24, 2.45) is 5.41 Å². The van der Waals surface area contributed by atoms with Crippen molar-refractivity contribution < 1.29 is 13.6 Å². The maximum Gasteiger partial charge on any atom is 0.165 e. The van der Waals surface area contributed by atoms with Crippen molar-refractivity contribution in [2.75, 3.05) is 0 Å². The van der Waals surface area contributed by atoms with Crippen LogP contribution in [-0.4, -0.2) is 10.4 Å². The number of halogens is 2. The van der Waals surface area contributed by atoms with E-state index in [0.29, 0.717) is 29.7 Å². The van der Waals surface area contributed by atoms with Crippen LogP contribution < -0.4 is 0 Å². The van der Waals surface area contributed by atoms with Gasteiger partial charge in [-0.15, -0.1) is 0 Å². The summed E-state index contributed by atoms with van der Waals surface area (Å²) in [6, 6.07) is 4.34. The highest BCUT2D eigenvalue weighted by Gasteiger charge is 2.34. The molecule has 21 heavy (non-hydrogen) atoms. The van der Waals surface area contributed by atoms with Gasteiger partial charge >= 0.3 is 0 Å². The molecule has 0 radical (unpaired) electrons. The van der Waals surface area contributed by atoms with Gasteiger partial charge in [0.15, 0.2) is 11.6 Å². The van der Waals surface area contributed by atoms with E-state index in [9.17, 15) is 13.6 Å². The number of aromatic nitrogens is 1. The Morgan fingerprint density at radius 3 is 2.57 bits per heavy atom. The molecule has 2 nitrogen and oxygen atoms in total. The summed E-state index contributed by atoms with van der Waals surface area (Å²) in [5.74, 6) is -1.16. The number of rotatable bonds is 1. The quantitative estimate of drug-likeness (QED) is 0.770. The fourth-order valence-electron chi connectivity index (χ4n) is 3.02. The first-order valence-corrected chi connectivity index (χ1v) is 6.98. The number of hydrogen-bond acceptors (Lipinski definition) is 1. The summed E-state index contributed by atoms with van der Waals surface area (Å²) in [5.41, 5.74) is 1.36. The van der Waals surface area contributed by atoms with Crippen LogP contribution in [0.15, 0.2) is 24.4 Å². The Hall–Kier alpha value is -1.97. The van der Waals surface area contributed by atoms with E-state index in [0.717, 1.165) is 0 Å². The first-order valence-electron chi connectivity index (χ1n) is 6.98. The maximum atomic E-state index is 14.3. The van der Waals surface area contributed by atoms with Crippen LogP contribution in [0.25, 0.3) is 5.69 Å². The van der Waals surface area contributed by atoms with Crippen LogP contribution in [0.4, 0.5) is 8.78 Å². The Balaban J connectivity index is 2.24. The molecule has 1 aromatic heterocycles. The Bertz CT molecular complexity index is 743. The maximum absolute atomic E-state index is 14.3. The number of carbonyl (C=O) groups is 1. The van der Waals surface area contributed by atoms with Crippen molar-refractivity contribution in [1.29, 1.82) is 0 Å². The molecule has 0 amide bonds. The van der Waals surface area contributed by atoms with Crippen molar-refractivity contribution in [2.45, 2.75) is 33.6 Å². The topological polar surface area (TPSA) is 22.0 Å². The summed E-state index contributed by atoms with van der Waals surface area (Å²) < 4.78 is 29.9. The van der Waals surface area contributed by atoms with Gasteiger partial charge in [-0.1, -0.05) is 19.9 Å². The van der Waals surface area contributed by atoms with E-state index in [4.69, 9.17) is 0 Å². The highest BCUT2D eigenvalue weighted by atomic mass is 19.1. The van der Waals surface area contributed by atoms with Crippen molar-refractivity contribution >= 4 is 5.78 Å². The summed E-state index contributed by atoms with van der Waals surface area (Å²) in [7, 11) is 0. The lowest BCUT2D eigenvalue weighted by Gasteiger charge is -2.29. The second kappa shape index (κ2) is 4.52. The van der Waals surface area contributed by atoms with Gasteiger partial charge in [0.05, 0.1) is 0 Å². The average molecular weight is 289 g/mol. The van der Waals surface area contributed by atoms with E-state index in [1.807, 2.05) is 13.8 Å². The largest absolute Gasteiger partial charge is 0.315 e. The molecule has 1 aliphatic carbocycles. The zero-order valence-corrected chi connectivity index (χ0v) is 12.3. The second-order valence-corrected chi connectivity index (χ2v) is 6.51. The Morgan fingerprint density at radius 2 is 1.86 bits per heavy atom. The first-order chi connectivity index (χ1) is 9.80. The highest BCUT2D eigenvalue weighted by molar-refractivity contribution is 5.99. The minimum absolute atomic E-state index is 0.0356. The second-order valence-electron chi connectivity index (χ2n) is 6.51. The molecule has 0 bridgehead atoms. The van der Waals surface area contributed by atoms with Crippen LogP contribution in [0, 0.1) is 24.0 Å². The summed E-state index contributed by atoms with van der Waals surface area (Å²) >= 11 is 0. The number of aryl methyl sites for hydroxylation is 1. The molecule has 0 atom stereocenters. The molecule has 1 aliphatic rings. The van der Waals surface area contributed by atoms with E-state index in [1.165, 1.54) is 16.7 Å². The Kier molecular flexibility index (Phi) is 3.01. The molecule has 0 unspecified atom stereocenters. The van der Waals surface area contributed by atoms with Crippen molar-refractivity contribution in [1.82, 2.24) is 4.57 Å². The van der Waals surface area contributed by atoms with Crippen molar-refractivity contribution in [3.05, 3.63) is 52.9 Å². The molecule has 0 fully saturated rings. The molecule has 0 spiro atoms. The van der Waals surface area contributed by atoms with Crippen LogP contribution in [0.5, 0.6) is 0 Å². The third-order valence-electron chi connectivity index (χ3n) is 4.08. The van der Waals surface area contributed by atoms with Gasteiger partial charge in [-0.3, -0.25) is 4.79 Å². The molecular weight excluding hydrogens is 272 g/mol. The lowest BCUT2D eigenvalue weighted by molar-refractivity contribution is 0.0911. The van der Waals surface area contributed by atoms with Gasteiger partial charge in [-0.25, -0.2) is 8.78 Å². The van der Waals surface area contributed by atoms with Gasteiger partial charge in [0.1, 0.15) is 11.5 Å². The fraction of sp³-hybridized carbons (Fsp3) is 0.353. The standard InChI is InChI=1S/C17H17F2NO/c1-10-4-5-12(18)16(15(10)19)20-7-6-11-13(20)8-17(2,3)9-14(11)21/h4-7H,8-9H2,1-3H3. The van der Waals surface area contributed by atoms with Crippen LogP contribution in [-0.2, 0) is 6.42 Å². The summed E-state index contributed by atoms with van der Waals surface area (Å²) in [6.45, 7) is 5.59. The number of carbonyl (C=O) groups excluding carboxylic acids is 1. The van der Waals surface area contributed by atoms with E-state index in [-0.39, 0.29) is 16.9 Å². The molecule has 4 heteroatoms. The van der Waals surface area contributed by atoms with Crippen LogP contribution in [0.2, 0.25) is 0 Å². The van der Waals surface area contributed by atoms with Crippen LogP contribution in [0.1, 0.15) is 41.9 Å². The zero-order chi connectivity index (χ0) is 15.4. The number of ketones is 1. The first kappa shape index (κ1) is 14.0. The number of hydrogen-bond donors (Lipinski definition) is 0. The fourth-order valence-corrected chi connectivity index (χ4v) is 3.02. The Morgan fingerprint density at radius 1 is 1.14 bits per heavy atom. The van der Waals surface area contributed by atoms with E-state index in [2.05, 4.69) is 0 Å². The lowest BCUT2D eigenvalue weighted by atomic mass is 9.76. The summed E-state index contributed by atoms with van der Waals surface area (Å²) in [5, 5.41) is 0. The third kappa shape index (κ3) is 2.19. The van der Waals surface area contributed by atoms with Gasteiger partial charge in [0.2, 0.25) is 0 Å². The van der Waals surface area contributed by atoms with Crippen LogP contribution in [0.3, 0.4) is 0 Å². The lowest BCUT2D eigenvalue weighted by Crippen LogP contribution is -2.28. The molecule has 1 heterocycles. The Labute approximate surface area is 122 Å². The highest BCUT2D eigenvalue weighted by Crippen LogP contribution is 2.37. The molecule has 0 saturated carbocycles. The monoisotopic (exact) mass is 289 g/mol. The number of fused-ring (bicyclic) bond motifs is 1. The molecule has 2 aromatic rings.